The van der Waals surface area contributed by atoms with E-state index in [9.17, 15) is 13.6 Å². The Hall–Kier alpha value is -1.45. The van der Waals surface area contributed by atoms with Gasteiger partial charge in [0.05, 0.1) is 0 Å². The van der Waals surface area contributed by atoms with Crippen LogP contribution < -0.4 is 0 Å². The van der Waals surface area contributed by atoms with Crippen molar-refractivity contribution in [3.05, 3.63) is 35.4 Å². The summed E-state index contributed by atoms with van der Waals surface area (Å²) >= 11 is 0. The molecule has 0 aliphatic heterocycles. The number of unbranched alkanes of at least 4 members (excludes halogenated alkanes) is 2. The fraction of sp³-hybridized carbons (Fsp3) is 0.682. The van der Waals surface area contributed by atoms with E-state index in [-0.39, 0.29) is 17.4 Å². The Kier molecular flexibility index (Phi) is 9.24. The van der Waals surface area contributed by atoms with Crippen LogP contribution >= 0.6 is 0 Å². The van der Waals surface area contributed by atoms with Crippen molar-refractivity contribution in [2.24, 2.45) is 5.41 Å². The maximum Gasteiger partial charge on any atom is 0.223 e. The molecule has 0 saturated heterocycles. The van der Waals surface area contributed by atoms with Gasteiger partial charge in [0.15, 0.2) is 11.6 Å². The SMILES string of the molecule is CCCCC(CCCC)N(Cc1ccc(F)c(F)c1)C(=O)CC(C)(C)C. The summed E-state index contributed by atoms with van der Waals surface area (Å²) in [5, 5.41) is 0. The molecule has 26 heavy (non-hydrogen) atoms. The fourth-order valence-electron chi connectivity index (χ4n) is 3.15. The highest BCUT2D eigenvalue weighted by molar-refractivity contribution is 5.77. The van der Waals surface area contributed by atoms with E-state index in [0.717, 1.165) is 44.6 Å². The van der Waals surface area contributed by atoms with Gasteiger partial charge in [-0.1, -0.05) is 66.4 Å². The summed E-state index contributed by atoms with van der Waals surface area (Å²) in [6.45, 7) is 10.8. The summed E-state index contributed by atoms with van der Waals surface area (Å²) in [6.07, 6.45) is 6.64. The predicted molar refractivity (Wildman–Crippen MR) is 104 cm³/mol. The minimum Gasteiger partial charge on any atom is -0.335 e. The number of rotatable bonds is 10. The lowest BCUT2D eigenvalue weighted by Gasteiger charge is -2.34. The van der Waals surface area contributed by atoms with Crippen molar-refractivity contribution < 1.29 is 13.6 Å². The van der Waals surface area contributed by atoms with E-state index in [0.29, 0.717) is 18.5 Å². The monoisotopic (exact) mass is 367 g/mol. The summed E-state index contributed by atoms with van der Waals surface area (Å²) in [5.74, 6) is -1.61. The van der Waals surface area contributed by atoms with Crippen LogP contribution in [-0.2, 0) is 11.3 Å². The van der Waals surface area contributed by atoms with Crippen LogP contribution in [0.1, 0.15) is 85.1 Å². The average molecular weight is 368 g/mol. The van der Waals surface area contributed by atoms with Crippen LogP contribution in [0, 0.1) is 17.0 Å². The molecule has 0 atom stereocenters. The molecule has 0 aromatic heterocycles. The van der Waals surface area contributed by atoms with Gasteiger partial charge in [0.1, 0.15) is 0 Å². The van der Waals surface area contributed by atoms with Gasteiger partial charge in [0, 0.05) is 19.0 Å². The Morgan fingerprint density at radius 1 is 1.04 bits per heavy atom. The van der Waals surface area contributed by atoms with Crippen molar-refractivity contribution in [1.82, 2.24) is 4.90 Å². The molecule has 148 valence electrons. The zero-order valence-electron chi connectivity index (χ0n) is 17.1. The van der Waals surface area contributed by atoms with Crippen LogP contribution in [0.15, 0.2) is 18.2 Å². The van der Waals surface area contributed by atoms with Gasteiger partial charge in [-0.3, -0.25) is 4.79 Å². The Morgan fingerprint density at radius 3 is 2.08 bits per heavy atom. The summed E-state index contributed by atoms with van der Waals surface area (Å²) in [5.41, 5.74) is 0.535. The Morgan fingerprint density at radius 2 is 1.62 bits per heavy atom. The molecular weight excluding hydrogens is 332 g/mol. The second-order valence-corrected chi connectivity index (χ2v) is 8.45. The van der Waals surface area contributed by atoms with Crippen LogP contribution in [0.25, 0.3) is 0 Å². The number of carbonyl (C=O) groups excluding carboxylic acids is 1. The molecular formula is C22H35F2NO. The number of amides is 1. The number of nitrogens with zero attached hydrogens (tertiary/aromatic N) is 1. The highest BCUT2D eigenvalue weighted by Crippen LogP contribution is 2.25. The minimum atomic E-state index is -0.857. The zero-order valence-corrected chi connectivity index (χ0v) is 17.1. The average Bonchev–Trinajstić information content (AvgIpc) is 2.55. The van der Waals surface area contributed by atoms with Crippen molar-refractivity contribution in [1.29, 1.82) is 0 Å². The molecule has 1 amide bonds. The van der Waals surface area contributed by atoms with E-state index in [4.69, 9.17) is 0 Å². The molecule has 0 radical (unpaired) electrons. The van der Waals surface area contributed by atoms with E-state index in [2.05, 4.69) is 13.8 Å². The largest absolute Gasteiger partial charge is 0.335 e. The third kappa shape index (κ3) is 7.84. The quantitative estimate of drug-likeness (QED) is 0.463. The molecule has 0 spiro atoms. The van der Waals surface area contributed by atoms with E-state index in [1.165, 1.54) is 6.07 Å². The van der Waals surface area contributed by atoms with Gasteiger partial charge in [-0.2, -0.15) is 0 Å². The first kappa shape index (κ1) is 22.6. The highest BCUT2D eigenvalue weighted by atomic mass is 19.2. The first-order valence-electron chi connectivity index (χ1n) is 9.91. The molecule has 2 nitrogen and oxygen atoms in total. The van der Waals surface area contributed by atoms with E-state index < -0.39 is 11.6 Å². The van der Waals surface area contributed by atoms with Crippen LogP contribution in [0.5, 0.6) is 0 Å². The number of carbonyl (C=O) groups is 1. The lowest BCUT2D eigenvalue weighted by molar-refractivity contribution is -0.136. The standard InChI is InChI=1S/C22H35F2NO/c1-6-8-10-18(11-9-7-2)25(21(26)15-22(3,4)5)16-17-12-13-19(23)20(24)14-17/h12-14,18H,6-11,15-16H2,1-5H3. The van der Waals surface area contributed by atoms with Gasteiger partial charge in [-0.15, -0.1) is 0 Å². The smallest absolute Gasteiger partial charge is 0.223 e. The van der Waals surface area contributed by atoms with Crippen molar-refractivity contribution in [3.8, 4) is 0 Å². The molecule has 4 heteroatoms. The van der Waals surface area contributed by atoms with E-state index in [1.54, 1.807) is 6.07 Å². The number of hydrogen-bond acceptors (Lipinski definition) is 1. The van der Waals surface area contributed by atoms with Crippen LogP contribution in [0.4, 0.5) is 8.78 Å². The van der Waals surface area contributed by atoms with Gasteiger partial charge >= 0.3 is 0 Å². The van der Waals surface area contributed by atoms with Crippen LogP contribution in [0.2, 0.25) is 0 Å². The molecule has 1 rings (SSSR count). The molecule has 0 unspecified atom stereocenters. The highest BCUT2D eigenvalue weighted by Gasteiger charge is 2.27. The summed E-state index contributed by atoms with van der Waals surface area (Å²) < 4.78 is 26.9. The van der Waals surface area contributed by atoms with Crippen molar-refractivity contribution in [2.45, 2.75) is 92.2 Å². The number of benzene rings is 1. The van der Waals surface area contributed by atoms with Gasteiger partial charge in [0.25, 0.3) is 0 Å². The van der Waals surface area contributed by atoms with E-state index >= 15 is 0 Å². The Bertz CT molecular complexity index is 558. The summed E-state index contributed by atoms with van der Waals surface area (Å²) in [7, 11) is 0. The lowest BCUT2D eigenvalue weighted by Crippen LogP contribution is -2.41. The molecule has 0 fully saturated rings. The Balaban J connectivity index is 3.07. The predicted octanol–water partition coefficient (Wildman–Crippen LogP) is 6.48. The van der Waals surface area contributed by atoms with E-state index in [1.807, 2.05) is 25.7 Å². The maximum atomic E-state index is 13.6. The van der Waals surface area contributed by atoms with Gasteiger partial charge < -0.3 is 4.90 Å². The normalized spacial score (nSPS) is 11.8. The second kappa shape index (κ2) is 10.6. The van der Waals surface area contributed by atoms with Gasteiger partial charge in [-0.25, -0.2) is 8.78 Å². The molecule has 0 aliphatic carbocycles. The molecule has 0 N–H and O–H groups in total. The fourth-order valence-corrected chi connectivity index (χ4v) is 3.15. The van der Waals surface area contributed by atoms with Crippen LogP contribution in [0.3, 0.4) is 0 Å². The zero-order chi connectivity index (χ0) is 19.7. The molecule has 1 aromatic rings. The van der Waals surface area contributed by atoms with Crippen molar-refractivity contribution >= 4 is 5.91 Å². The topological polar surface area (TPSA) is 20.3 Å². The number of halogens is 2. The second-order valence-electron chi connectivity index (χ2n) is 8.45. The lowest BCUT2D eigenvalue weighted by atomic mass is 9.90. The first-order chi connectivity index (χ1) is 12.2. The molecule has 0 saturated carbocycles. The van der Waals surface area contributed by atoms with Gasteiger partial charge in [-0.05, 0) is 36.0 Å². The van der Waals surface area contributed by atoms with Crippen molar-refractivity contribution in [3.63, 3.8) is 0 Å². The molecule has 0 aliphatic rings. The third-order valence-corrected chi connectivity index (χ3v) is 4.56. The van der Waals surface area contributed by atoms with Crippen LogP contribution in [-0.4, -0.2) is 16.8 Å². The summed E-state index contributed by atoms with van der Waals surface area (Å²) in [6, 6.07) is 4.08. The third-order valence-electron chi connectivity index (χ3n) is 4.56. The first-order valence-corrected chi connectivity index (χ1v) is 9.91. The molecule has 0 bridgehead atoms. The van der Waals surface area contributed by atoms with Gasteiger partial charge in [0.2, 0.25) is 5.91 Å². The molecule has 1 aromatic carbocycles. The van der Waals surface area contributed by atoms with Crippen molar-refractivity contribution in [2.75, 3.05) is 0 Å². The maximum absolute atomic E-state index is 13.6. The Labute approximate surface area is 158 Å². The minimum absolute atomic E-state index is 0.0967. The molecule has 0 heterocycles. The number of hydrogen-bond donors (Lipinski definition) is 0. The summed E-state index contributed by atoms with van der Waals surface area (Å²) in [4.78, 5) is 14.9.